The van der Waals surface area contributed by atoms with Gasteiger partial charge in [-0.25, -0.2) is 0 Å². The monoisotopic (exact) mass is 662 g/mol. The third-order valence-electron chi connectivity index (χ3n) is 10.4. The number of rotatable bonds is 6. The summed E-state index contributed by atoms with van der Waals surface area (Å²) in [6.45, 7) is 0. The van der Waals surface area contributed by atoms with Gasteiger partial charge in [0.25, 0.3) is 0 Å². The van der Waals surface area contributed by atoms with Gasteiger partial charge >= 0.3 is 0 Å². The van der Waals surface area contributed by atoms with Crippen molar-refractivity contribution in [3.05, 3.63) is 200 Å². The quantitative estimate of drug-likeness (QED) is 0.176. The van der Waals surface area contributed by atoms with Crippen molar-refractivity contribution in [3.8, 4) is 33.4 Å². The molecule has 52 heavy (non-hydrogen) atoms. The molecular weight excluding hydrogens is 629 g/mol. The number of anilines is 3. The molecule has 0 aliphatic rings. The average Bonchev–Trinajstić information content (AvgIpc) is 3.60. The van der Waals surface area contributed by atoms with E-state index in [2.05, 4.69) is 210 Å². The minimum Gasteiger partial charge on any atom is -0.354 e. The van der Waals surface area contributed by atoms with Gasteiger partial charge in [-0.1, -0.05) is 176 Å². The highest BCUT2D eigenvalue weighted by Crippen LogP contribution is 2.50. The highest BCUT2D eigenvalue weighted by Gasteiger charge is 2.25. The molecule has 10 aromatic rings. The second kappa shape index (κ2) is 12.5. The van der Waals surface area contributed by atoms with E-state index in [-0.39, 0.29) is 0 Å². The summed E-state index contributed by atoms with van der Waals surface area (Å²) in [5, 5.41) is 7.36. The SMILES string of the molecule is c1ccc(-c2ccccc2N(c2ccccc2-c2c(-c3ccccc3)ccc3c2[nH]c2ccccc23)c2cccc3c2ccc2ccccc23)cc1. The molecule has 0 bridgehead atoms. The van der Waals surface area contributed by atoms with Gasteiger partial charge < -0.3 is 9.88 Å². The van der Waals surface area contributed by atoms with Crippen molar-refractivity contribution in [2.45, 2.75) is 0 Å². The molecule has 10 rings (SSSR count). The van der Waals surface area contributed by atoms with Gasteiger partial charge in [-0.2, -0.15) is 0 Å². The fourth-order valence-corrected chi connectivity index (χ4v) is 8.08. The van der Waals surface area contributed by atoms with Gasteiger partial charge in [0, 0.05) is 38.4 Å². The molecule has 0 spiro atoms. The Kier molecular flexibility index (Phi) is 7.18. The van der Waals surface area contributed by atoms with Gasteiger partial charge in [0.1, 0.15) is 0 Å². The Bertz CT molecular complexity index is 2900. The number of H-pyrrole nitrogens is 1. The molecule has 1 N–H and O–H groups in total. The molecule has 2 heteroatoms. The van der Waals surface area contributed by atoms with Crippen LogP contribution in [0.25, 0.3) is 76.7 Å². The third-order valence-corrected chi connectivity index (χ3v) is 10.4. The van der Waals surface area contributed by atoms with Crippen LogP contribution in [-0.4, -0.2) is 4.98 Å². The normalized spacial score (nSPS) is 11.5. The van der Waals surface area contributed by atoms with Crippen LogP contribution in [0.15, 0.2) is 200 Å². The standard InChI is InChI=1S/C50H34N2/c1-3-16-34(17-4-1)38-22-10-13-27-46(38)52(47-29-15-25-40-37-21-8-7-20-36(37)30-31-42(40)47)48-28-14-11-24-44(48)49-39(35-18-5-2-6-19-35)32-33-43-41-23-9-12-26-45(41)51-50(43)49/h1-33,51H. The van der Waals surface area contributed by atoms with Gasteiger partial charge in [0.2, 0.25) is 0 Å². The maximum absolute atomic E-state index is 3.87. The Labute approximate surface area is 302 Å². The van der Waals surface area contributed by atoms with Crippen molar-refractivity contribution < 1.29 is 0 Å². The fourth-order valence-electron chi connectivity index (χ4n) is 8.08. The average molecular weight is 663 g/mol. The Morgan fingerprint density at radius 2 is 0.865 bits per heavy atom. The maximum Gasteiger partial charge on any atom is 0.0551 e. The second-order valence-corrected chi connectivity index (χ2v) is 13.3. The lowest BCUT2D eigenvalue weighted by Crippen LogP contribution is -2.13. The molecule has 0 unspecified atom stereocenters. The number of hydrogen-bond acceptors (Lipinski definition) is 1. The van der Waals surface area contributed by atoms with Crippen LogP contribution in [0.3, 0.4) is 0 Å². The van der Waals surface area contributed by atoms with Crippen LogP contribution >= 0.6 is 0 Å². The van der Waals surface area contributed by atoms with Crippen molar-refractivity contribution in [1.29, 1.82) is 0 Å². The molecule has 0 amide bonds. The van der Waals surface area contributed by atoms with Crippen molar-refractivity contribution >= 4 is 60.4 Å². The molecule has 1 aromatic heterocycles. The summed E-state index contributed by atoms with van der Waals surface area (Å²) in [4.78, 5) is 6.36. The number of nitrogens with zero attached hydrogens (tertiary/aromatic N) is 1. The van der Waals surface area contributed by atoms with Crippen molar-refractivity contribution in [2.24, 2.45) is 0 Å². The van der Waals surface area contributed by atoms with Crippen LogP contribution in [0.5, 0.6) is 0 Å². The van der Waals surface area contributed by atoms with Crippen LogP contribution in [0.1, 0.15) is 0 Å². The van der Waals surface area contributed by atoms with E-state index in [0.29, 0.717) is 0 Å². The Hall–Kier alpha value is -6.90. The summed E-state index contributed by atoms with van der Waals surface area (Å²) in [7, 11) is 0. The van der Waals surface area contributed by atoms with Gasteiger partial charge in [-0.05, 0) is 57.1 Å². The largest absolute Gasteiger partial charge is 0.354 e. The van der Waals surface area contributed by atoms with E-state index < -0.39 is 0 Å². The third kappa shape index (κ3) is 4.88. The van der Waals surface area contributed by atoms with Crippen LogP contribution in [0.2, 0.25) is 0 Å². The first kappa shape index (κ1) is 30.0. The Morgan fingerprint density at radius 3 is 1.65 bits per heavy atom. The predicted molar refractivity (Wildman–Crippen MR) is 222 cm³/mol. The van der Waals surface area contributed by atoms with Crippen LogP contribution in [0.4, 0.5) is 17.1 Å². The first-order valence-electron chi connectivity index (χ1n) is 17.9. The van der Waals surface area contributed by atoms with E-state index in [0.717, 1.165) is 33.7 Å². The van der Waals surface area contributed by atoms with Crippen molar-refractivity contribution in [2.75, 3.05) is 4.90 Å². The molecule has 0 saturated carbocycles. The van der Waals surface area contributed by atoms with Crippen molar-refractivity contribution in [3.63, 3.8) is 0 Å². The first-order chi connectivity index (χ1) is 25.8. The summed E-state index contributed by atoms with van der Waals surface area (Å²) in [6.07, 6.45) is 0. The van der Waals surface area contributed by atoms with E-state index in [1.165, 1.54) is 60.1 Å². The second-order valence-electron chi connectivity index (χ2n) is 13.3. The van der Waals surface area contributed by atoms with E-state index in [4.69, 9.17) is 0 Å². The molecule has 1 heterocycles. The summed E-state index contributed by atoms with van der Waals surface area (Å²) < 4.78 is 0. The zero-order valence-corrected chi connectivity index (χ0v) is 28.5. The number of aromatic amines is 1. The smallest absolute Gasteiger partial charge is 0.0551 e. The minimum absolute atomic E-state index is 1.11. The van der Waals surface area contributed by atoms with E-state index in [9.17, 15) is 0 Å². The van der Waals surface area contributed by atoms with Gasteiger partial charge in [-0.3, -0.25) is 0 Å². The van der Waals surface area contributed by atoms with Crippen LogP contribution in [0, 0.1) is 0 Å². The molecule has 0 fully saturated rings. The number of fused-ring (bicyclic) bond motifs is 6. The lowest BCUT2D eigenvalue weighted by molar-refractivity contribution is 1.30. The summed E-state index contributed by atoms with van der Waals surface area (Å²) >= 11 is 0. The molecular formula is C50H34N2. The molecule has 0 atom stereocenters. The number of benzene rings is 9. The molecule has 0 aliphatic carbocycles. The topological polar surface area (TPSA) is 19.0 Å². The number of hydrogen-bond donors (Lipinski definition) is 1. The predicted octanol–water partition coefficient (Wildman–Crippen LogP) is 14.1. The molecule has 2 nitrogen and oxygen atoms in total. The highest BCUT2D eigenvalue weighted by atomic mass is 15.1. The highest BCUT2D eigenvalue weighted by molar-refractivity contribution is 6.17. The molecule has 0 aliphatic heterocycles. The lowest BCUT2D eigenvalue weighted by Gasteiger charge is -2.31. The first-order valence-corrected chi connectivity index (χ1v) is 17.9. The molecule has 244 valence electrons. The minimum atomic E-state index is 1.11. The van der Waals surface area contributed by atoms with Crippen LogP contribution in [-0.2, 0) is 0 Å². The number of para-hydroxylation sites is 3. The van der Waals surface area contributed by atoms with Gasteiger partial charge in [0.05, 0.1) is 22.6 Å². The van der Waals surface area contributed by atoms with Crippen molar-refractivity contribution in [1.82, 2.24) is 4.98 Å². The summed E-state index contributed by atoms with van der Waals surface area (Å²) in [5.41, 5.74) is 12.7. The maximum atomic E-state index is 3.87. The molecule has 0 radical (unpaired) electrons. The lowest BCUT2D eigenvalue weighted by atomic mass is 9.90. The molecule has 0 saturated heterocycles. The zero-order chi connectivity index (χ0) is 34.4. The number of nitrogens with one attached hydrogen (secondary N) is 1. The van der Waals surface area contributed by atoms with Crippen LogP contribution < -0.4 is 4.90 Å². The fraction of sp³-hybridized carbons (Fsp3) is 0. The Morgan fingerprint density at radius 1 is 0.308 bits per heavy atom. The van der Waals surface area contributed by atoms with E-state index in [1.54, 1.807) is 0 Å². The van der Waals surface area contributed by atoms with Gasteiger partial charge in [-0.15, -0.1) is 0 Å². The number of aromatic nitrogens is 1. The summed E-state index contributed by atoms with van der Waals surface area (Å²) in [5.74, 6) is 0. The summed E-state index contributed by atoms with van der Waals surface area (Å²) in [6, 6.07) is 72.4. The zero-order valence-electron chi connectivity index (χ0n) is 28.5. The van der Waals surface area contributed by atoms with E-state index >= 15 is 0 Å². The van der Waals surface area contributed by atoms with Gasteiger partial charge in [0.15, 0.2) is 0 Å². The molecule has 9 aromatic carbocycles. The Balaban J connectivity index is 1.33. The van der Waals surface area contributed by atoms with E-state index in [1.807, 2.05) is 0 Å².